The van der Waals surface area contributed by atoms with Crippen LogP contribution < -0.4 is 16.2 Å². The second-order valence-electron chi connectivity index (χ2n) is 4.64. The van der Waals surface area contributed by atoms with Crippen LogP contribution in [0.1, 0.15) is 11.3 Å². The molecule has 0 saturated carbocycles. The molecule has 2 heterocycles. The van der Waals surface area contributed by atoms with Crippen molar-refractivity contribution in [3.63, 3.8) is 0 Å². The van der Waals surface area contributed by atoms with Crippen LogP contribution in [0.4, 0.5) is 11.4 Å². The van der Waals surface area contributed by atoms with Gasteiger partial charge in [0, 0.05) is 18.3 Å². The van der Waals surface area contributed by atoms with Crippen LogP contribution in [0.15, 0.2) is 54.0 Å². The number of hydrogen-bond acceptors (Lipinski definition) is 5. The minimum atomic E-state index is 0.516. The Morgan fingerprint density at radius 3 is 2.48 bits per heavy atom. The number of hydrogen-bond donors (Lipinski definition) is 2. The van der Waals surface area contributed by atoms with Crippen LogP contribution in [-0.4, -0.2) is 4.98 Å². The number of rotatable bonds is 4. The maximum atomic E-state index is 6.07. The Labute approximate surface area is 127 Å². The predicted octanol–water partition coefficient (Wildman–Crippen LogP) is 3.69. The highest BCUT2D eigenvalue weighted by molar-refractivity contribution is 7.11. The van der Waals surface area contributed by atoms with Crippen LogP contribution in [-0.2, 0) is 6.42 Å². The van der Waals surface area contributed by atoms with Crippen molar-refractivity contribution in [3.05, 3.63) is 65.3 Å². The Morgan fingerprint density at radius 2 is 1.86 bits per heavy atom. The molecule has 0 aliphatic rings. The Hall–Kier alpha value is -2.53. The highest BCUT2D eigenvalue weighted by Crippen LogP contribution is 2.36. The smallest absolute Gasteiger partial charge is 0.181 e. The third-order valence-electron chi connectivity index (χ3n) is 3.02. The SMILES string of the molecule is Nc1cc(Cc2ccccn2)cc(N)c1Oc1cccs1. The van der Waals surface area contributed by atoms with Crippen molar-refractivity contribution in [1.82, 2.24) is 4.98 Å². The van der Waals surface area contributed by atoms with Gasteiger partial charge in [0.25, 0.3) is 0 Å². The Balaban J connectivity index is 1.85. The van der Waals surface area contributed by atoms with E-state index in [0.717, 1.165) is 16.3 Å². The Kier molecular flexibility index (Phi) is 3.75. The molecule has 4 nitrogen and oxygen atoms in total. The van der Waals surface area contributed by atoms with Gasteiger partial charge in [0.05, 0.1) is 11.4 Å². The van der Waals surface area contributed by atoms with E-state index >= 15 is 0 Å². The van der Waals surface area contributed by atoms with Crippen LogP contribution in [0.2, 0.25) is 0 Å². The average molecular weight is 297 g/mol. The zero-order valence-electron chi connectivity index (χ0n) is 11.3. The van der Waals surface area contributed by atoms with Gasteiger partial charge in [-0.1, -0.05) is 6.07 Å². The van der Waals surface area contributed by atoms with Gasteiger partial charge in [-0.05, 0) is 47.3 Å². The lowest BCUT2D eigenvalue weighted by atomic mass is 10.1. The molecule has 0 aliphatic heterocycles. The molecule has 0 amide bonds. The molecule has 0 saturated heterocycles. The molecule has 106 valence electrons. The normalized spacial score (nSPS) is 10.5. The van der Waals surface area contributed by atoms with Gasteiger partial charge in [0.1, 0.15) is 0 Å². The third-order valence-corrected chi connectivity index (χ3v) is 3.76. The van der Waals surface area contributed by atoms with E-state index in [2.05, 4.69) is 4.98 Å². The molecule has 0 bridgehead atoms. The summed E-state index contributed by atoms with van der Waals surface area (Å²) in [7, 11) is 0. The zero-order chi connectivity index (χ0) is 14.7. The third kappa shape index (κ3) is 3.14. The van der Waals surface area contributed by atoms with Crippen molar-refractivity contribution in [2.24, 2.45) is 0 Å². The fourth-order valence-electron chi connectivity index (χ4n) is 2.09. The lowest BCUT2D eigenvalue weighted by Gasteiger charge is -2.12. The van der Waals surface area contributed by atoms with Gasteiger partial charge in [0.2, 0.25) is 0 Å². The molecule has 0 fully saturated rings. The molecule has 0 spiro atoms. The van der Waals surface area contributed by atoms with E-state index in [1.807, 2.05) is 47.8 Å². The van der Waals surface area contributed by atoms with Crippen molar-refractivity contribution in [1.29, 1.82) is 0 Å². The first-order chi connectivity index (χ1) is 10.2. The van der Waals surface area contributed by atoms with Gasteiger partial charge in [-0.3, -0.25) is 4.98 Å². The predicted molar refractivity (Wildman–Crippen MR) is 86.7 cm³/mol. The van der Waals surface area contributed by atoms with Crippen molar-refractivity contribution in [2.75, 3.05) is 11.5 Å². The monoisotopic (exact) mass is 297 g/mol. The summed E-state index contributed by atoms with van der Waals surface area (Å²) in [5.41, 5.74) is 15.2. The summed E-state index contributed by atoms with van der Waals surface area (Å²) >= 11 is 1.50. The fourth-order valence-corrected chi connectivity index (χ4v) is 2.67. The van der Waals surface area contributed by atoms with Gasteiger partial charge < -0.3 is 16.2 Å². The molecule has 3 aromatic rings. The van der Waals surface area contributed by atoms with Crippen molar-refractivity contribution in [2.45, 2.75) is 6.42 Å². The summed E-state index contributed by atoms with van der Waals surface area (Å²) in [5, 5.41) is 2.71. The van der Waals surface area contributed by atoms with E-state index in [1.54, 1.807) is 6.20 Å². The molecule has 0 atom stereocenters. The van der Waals surface area contributed by atoms with E-state index in [-0.39, 0.29) is 0 Å². The zero-order valence-corrected chi connectivity index (χ0v) is 12.1. The molecular formula is C16H15N3OS. The van der Waals surface area contributed by atoms with E-state index < -0.39 is 0 Å². The van der Waals surface area contributed by atoms with Gasteiger partial charge in [0.15, 0.2) is 10.8 Å². The number of benzene rings is 1. The van der Waals surface area contributed by atoms with E-state index in [1.165, 1.54) is 11.3 Å². The summed E-state index contributed by atoms with van der Waals surface area (Å²) in [4.78, 5) is 4.31. The standard InChI is InChI=1S/C16H15N3OS/c17-13-9-11(8-12-4-1-2-6-19-12)10-14(18)16(13)20-15-5-3-7-21-15/h1-7,9-10H,8,17-18H2. The molecule has 5 heteroatoms. The van der Waals surface area contributed by atoms with Crippen LogP contribution in [0.25, 0.3) is 0 Å². The highest BCUT2D eigenvalue weighted by atomic mass is 32.1. The Morgan fingerprint density at radius 1 is 1.05 bits per heavy atom. The maximum Gasteiger partial charge on any atom is 0.181 e. The van der Waals surface area contributed by atoms with E-state index in [0.29, 0.717) is 23.5 Å². The number of aromatic nitrogens is 1. The van der Waals surface area contributed by atoms with E-state index in [9.17, 15) is 0 Å². The molecule has 3 rings (SSSR count). The maximum absolute atomic E-state index is 6.07. The number of thiophene rings is 1. The van der Waals surface area contributed by atoms with Gasteiger partial charge in [-0.15, -0.1) is 11.3 Å². The molecular weight excluding hydrogens is 282 g/mol. The first kappa shape index (κ1) is 13.5. The van der Waals surface area contributed by atoms with Gasteiger partial charge in [-0.25, -0.2) is 0 Å². The molecule has 0 aliphatic carbocycles. The van der Waals surface area contributed by atoms with E-state index in [4.69, 9.17) is 16.2 Å². The largest absolute Gasteiger partial charge is 0.442 e. The quantitative estimate of drug-likeness (QED) is 0.720. The second kappa shape index (κ2) is 5.85. The second-order valence-corrected chi connectivity index (χ2v) is 5.55. The summed E-state index contributed by atoms with van der Waals surface area (Å²) in [6, 6.07) is 13.4. The molecule has 21 heavy (non-hydrogen) atoms. The minimum Gasteiger partial charge on any atom is -0.442 e. The number of nitrogens with zero attached hydrogens (tertiary/aromatic N) is 1. The van der Waals surface area contributed by atoms with Crippen LogP contribution in [0.3, 0.4) is 0 Å². The minimum absolute atomic E-state index is 0.516. The summed E-state index contributed by atoms with van der Waals surface area (Å²) < 4.78 is 5.74. The number of anilines is 2. The number of nitrogen functional groups attached to an aromatic ring is 2. The number of pyridine rings is 1. The van der Waals surface area contributed by atoms with Gasteiger partial charge in [-0.2, -0.15) is 0 Å². The lowest BCUT2D eigenvalue weighted by molar-refractivity contribution is 0.501. The Bertz CT molecular complexity index is 704. The highest BCUT2D eigenvalue weighted by Gasteiger charge is 2.10. The summed E-state index contributed by atoms with van der Waals surface area (Å²) in [6.45, 7) is 0. The summed E-state index contributed by atoms with van der Waals surface area (Å²) in [5.74, 6) is 0.516. The van der Waals surface area contributed by atoms with Crippen LogP contribution in [0, 0.1) is 0 Å². The van der Waals surface area contributed by atoms with Crippen molar-refractivity contribution in [3.8, 4) is 10.8 Å². The van der Waals surface area contributed by atoms with Crippen molar-refractivity contribution >= 4 is 22.7 Å². The molecule has 1 aromatic carbocycles. The van der Waals surface area contributed by atoms with Crippen LogP contribution in [0.5, 0.6) is 10.8 Å². The topological polar surface area (TPSA) is 74.2 Å². The van der Waals surface area contributed by atoms with Crippen molar-refractivity contribution < 1.29 is 4.74 Å². The number of ether oxygens (including phenoxy) is 1. The number of nitrogens with two attached hydrogens (primary N) is 2. The molecule has 0 unspecified atom stereocenters. The van der Waals surface area contributed by atoms with Crippen LogP contribution >= 0.6 is 11.3 Å². The summed E-state index contributed by atoms with van der Waals surface area (Å²) in [6.07, 6.45) is 2.46. The first-order valence-electron chi connectivity index (χ1n) is 6.51. The average Bonchev–Trinajstić information content (AvgIpc) is 2.97. The molecule has 4 N–H and O–H groups in total. The molecule has 0 radical (unpaired) electrons. The lowest BCUT2D eigenvalue weighted by Crippen LogP contribution is -2.00. The van der Waals surface area contributed by atoms with Gasteiger partial charge >= 0.3 is 0 Å². The molecule has 2 aromatic heterocycles. The fraction of sp³-hybridized carbons (Fsp3) is 0.0625. The first-order valence-corrected chi connectivity index (χ1v) is 7.39.